The van der Waals surface area contributed by atoms with Crippen LogP contribution in [0.1, 0.15) is 29.8 Å². The zero-order valence-electron chi connectivity index (χ0n) is 9.22. The van der Waals surface area contributed by atoms with Crippen LogP contribution >= 0.6 is 0 Å². The molecular weight excluding hydrogens is 224 g/mol. The Morgan fingerprint density at radius 2 is 2.06 bits per heavy atom. The lowest BCUT2D eigenvalue weighted by Gasteiger charge is -2.03. The smallest absolute Gasteiger partial charge is 0.303 e. The lowest BCUT2D eigenvalue weighted by molar-refractivity contribution is -0.137. The normalized spacial score (nSPS) is 9.88. The lowest BCUT2D eigenvalue weighted by atomic mass is 10.2. The first-order chi connectivity index (χ1) is 8.09. The monoisotopic (exact) mass is 238 g/mol. The number of carboxylic acids is 1. The number of aliphatic carboxylic acids is 1. The summed E-state index contributed by atoms with van der Waals surface area (Å²) in [6.07, 6.45) is 1.49. The molecule has 0 spiro atoms. The van der Waals surface area contributed by atoms with E-state index in [9.17, 15) is 9.59 Å². The van der Waals surface area contributed by atoms with Gasteiger partial charge in [0.1, 0.15) is 5.82 Å². The Labute approximate surface area is 98.0 Å². The molecule has 1 amide bonds. The van der Waals surface area contributed by atoms with E-state index in [4.69, 9.17) is 10.8 Å². The molecule has 7 nitrogen and oxygen atoms in total. The molecule has 1 aromatic rings. The topological polar surface area (TPSA) is 118 Å². The Bertz CT molecular complexity index is 391. The van der Waals surface area contributed by atoms with Crippen LogP contribution in [0.25, 0.3) is 0 Å². The first kappa shape index (κ1) is 12.9. The highest BCUT2D eigenvalue weighted by molar-refractivity contribution is 5.90. The third kappa shape index (κ3) is 4.92. The number of amides is 1. The maximum absolute atomic E-state index is 10.7. The SMILES string of the molecule is NC(=O)c1ccc(NCCCCC(=O)O)nn1. The van der Waals surface area contributed by atoms with Gasteiger partial charge in [-0.05, 0) is 25.0 Å². The number of primary amides is 1. The highest BCUT2D eigenvalue weighted by Crippen LogP contribution is 2.02. The average Bonchev–Trinajstić information content (AvgIpc) is 2.29. The number of carboxylic acid groups (broad SMARTS) is 1. The third-order valence-corrected chi connectivity index (χ3v) is 2.04. The molecule has 0 saturated heterocycles. The molecule has 1 heterocycles. The molecule has 4 N–H and O–H groups in total. The minimum absolute atomic E-state index is 0.112. The third-order valence-electron chi connectivity index (χ3n) is 2.04. The van der Waals surface area contributed by atoms with Gasteiger partial charge in [0.2, 0.25) is 0 Å². The quantitative estimate of drug-likeness (QED) is 0.585. The number of nitrogens with one attached hydrogen (secondary N) is 1. The van der Waals surface area contributed by atoms with E-state index < -0.39 is 11.9 Å². The van der Waals surface area contributed by atoms with Gasteiger partial charge in [0.05, 0.1) is 0 Å². The standard InChI is InChI=1S/C10H14N4O3/c11-10(17)7-4-5-8(14-13-7)12-6-2-1-3-9(15)16/h4-5H,1-3,6H2,(H2,11,17)(H,12,14)(H,15,16). The van der Waals surface area contributed by atoms with Crippen molar-refractivity contribution in [3.63, 3.8) is 0 Å². The summed E-state index contributed by atoms with van der Waals surface area (Å²) in [4.78, 5) is 21.0. The highest BCUT2D eigenvalue weighted by atomic mass is 16.4. The van der Waals surface area contributed by atoms with E-state index in [0.29, 0.717) is 18.8 Å². The molecule has 0 unspecified atom stereocenters. The number of nitrogens with two attached hydrogens (primary N) is 1. The first-order valence-electron chi connectivity index (χ1n) is 5.19. The summed E-state index contributed by atoms with van der Waals surface area (Å²) in [5.74, 6) is -0.883. The van der Waals surface area contributed by atoms with Gasteiger partial charge >= 0.3 is 5.97 Å². The van der Waals surface area contributed by atoms with Gasteiger partial charge in [0, 0.05) is 13.0 Å². The molecule has 0 fully saturated rings. The van der Waals surface area contributed by atoms with Crippen molar-refractivity contribution in [3.05, 3.63) is 17.8 Å². The van der Waals surface area contributed by atoms with E-state index in [1.807, 2.05) is 0 Å². The number of rotatable bonds is 7. The van der Waals surface area contributed by atoms with E-state index in [1.165, 1.54) is 6.07 Å². The first-order valence-corrected chi connectivity index (χ1v) is 5.19. The van der Waals surface area contributed by atoms with Gasteiger partial charge in [-0.15, -0.1) is 10.2 Å². The molecule has 92 valence electrons. The van der Waals surface area contributed by atoms with Gasteiger partial charge in [-0.25, -0.2) is 0 Å². The van der Waals surface area contributed by atoms with Gasteiger partial charge in [0.15, 0.2) is 5.69 Å². The van der Waals surface area contributed by atoms with E-state index in [0.717, 1.165) is 6.42 Å². The number of hydrogen-bond donors (Lipinski definition) is 3. The van der Waals surface area contributed by atoms with E-state index >= 15 is 0 Å². The predicted octanol–water partition coefficient (Wildman–Crippen LogP) is 0.242. The van der Waals surface area contributed by atoms with Crippen molar-refractivity contribution in [1.82, 2.24) is 10.2 Å². The fourth-order valence-electron chi connectivity index (χ4n) is 1.18. The van der Waals surface area contributed by atoms with Gasteiger partial charge in [0.25, 0.3) is 5.91 Å². The van der Waals surface area contributed by atoms with Crippen molar-refractivity contribution in [1.29, 1.82) is 0 Å². The number of hydrogen-bond acceptors (Lipinski definition) is 5. The van der Waals surface area contributed by atoms with Gasteiger partial charge in [-0.3, -0.25) is 9.59 Å². The maximum Gasteiger partial charge on any atom is 0.303 e. The van der Waals surface area contributed by atoms with Crippen LogP contribution < -0.4 is 11.1 Å². The fourth-order valence-corrected chi connectivity index (χ4v) is 1.18. The van der Waals surface area contributed by atoms with Crippen molar-refractivity contribution in [3.8, 4) is 0 Å². The van der Waals surface area contributed by atoms with Crippen LogP contribution in [-0.4, -0.2) is 33.7 Å². The summed E-state index contributed by atoms with van der Waals surface area (Å²) in [5.41, 5.74) is 5.13. The van der Waals surface area contributed by atoms with E-state index in [-0.39, 0.29) is 12.1 Å². The van der Waals surface area contributed by atoms with Crippen molar-refractivity contribution in [2.75, 3.05) is 11.9 Å². The van der Waals surface area contributed by atoms with Crippen molar-refractivity contribution in [2.45, 2.75) is 19.3 Å². The van der Waals surface area contributed by atoms with Crippen LogP contribution in [0.2, 0.25) is 0 Å². The Balaban J connectivity index is 2.27. The molecule has 1 rings (SSSR count). The van der Waals surface area contributed by atoms with Gasteiger partial charge in [-0.2, -0.15) is 0 Å². The zero-order valence-corrected chi connectivity index (χ0v) is 9.22. The number of anilines is 1. The highest BCUT2D eigenvalue weighted by Gasteiger charge is 2.02. The number of nitrogens with zero attached hydrogens (tertiary/aromatic N) is 2. The molecule has 0 bridgehead atoms. The molecule has 0 saturated carbocycles. The Hall–Kier alpha value is -2.18. The van der Waals surface area contributed by atoms with Crippen LogP contribution in [0.4, 0.5) is 5.82 Å². The molecule has 0 aliphatic rings. The Kier molecular flexibility index (Phi) is 4.86. The molecular formula is C10H14N4O3. The molecule has 0 aliphatic heterocycles. The molecule has 0 radical (unpaired) electrons. The van der Waals surface area contributed by atoms with Crippen LogP contribution in [-0.2, 0) is 4.79 Å². The average molecular weight is 238 g/mol. The summed E-state index contributed by atoms with van der Waals surface area (Å²) < 4.78 is 0. The van der Waals surface area contributed by atoms with E-state index in [2.05, 4.69) is 15.5 Å². The van der Waals surface area contributed by atoms with Crippen LogP contribution in [0.3, 0.4) is 0 Å². The summed E-state index contributed by atoms with van der Waals surface area (Å²) in [6.45, 7) is 0.609. The maximum atomic E-state index is 10.7. The van der Waals surface area contributed by atoms with Crippen molar-refractivity contribution >= 4 is 17.7 Å². The number of unbranched alkanes of at least 4 members (excludes halogenated alkanes) is 1. The van der Waals surface area contributed by atoms with Crippen molar-refractivity contribution < 1.29 is 14.7 Å². The lowest BCUT2D eigenvalue weighted by Crippen LogP contribution is -2.14. The van der Waals surface area contributed by atoms with Crippen LogP contribution in [0.15, 0.2) is 12.1 Å². The minimum atomic E-state index is -0.796. The van der Waals surface area contributed by atoms with Gasteiger partial charge in [-0.1, -0.05) is 0 Å². The Morgan fingerprint density at radius 1 is 1.29 bits per heavy atom. The van der Waals surface area contributed by atoms with Gasteiger partial charge < -0.3 is 16.2 Å². The predicted molar refractivity (Wildman–Crippen MR) is 60.5 cm³/mol. The fraction of sp³-hybridized carbons (Fsp3) is 0.400. The second-order valence-corrected chi connectivity index (χ2v) is 3.45. The molecule has 0 aliphatic carbocycles. The molecule has 0 aromatic carbocycles. The Morgan fingerprint density at radius 3 is 2.59 bits per heavy atom. The summed E-state index contributed by atoms with van der Waals surface area (Å²) in [6, 6.07) is 3.08. The number of aromatic nitrogens is 2. The van der Waals surface area contributed by atoms with Crippen molar-refractivity contribution in [2.24, 2.45) is 5.73 Å². The van der Waals surface area contributed by atoms with Crippen LogP contribution in [0.5, 0.6) is 0 Å². The molecule has 17 heavy (non-hydrogen) atoms. The second-order valence-electron chi connectivity index (χ2n) is 3.45. The van der Waals surface area contributed by atoms with E-state index in [1.54, 1.807) is 6.07 Å². The summed E-state index contributed by atoms with van der Waals surface area (Å²) in [7, 11) is 0. The second kappa shape index (κ2) is 6.41. The number of carbonyl (C=O) groups is 2. The summed E-state index contributed by atoms with van der Waals surface area (Å²) >= 11 is 0. The minimum Gasteiger partial charge on any atom is -0.481 e. The summed E-state index contributed by atoms with van der Waals surface area (Å²) in [5, 5.41) is 18.8. The molecule has 0 atom stereocenters. The number of carbonyl (C=O) groups excluding carboxylic acids is 1. The largest absolute Gasteiger partial charge is 0.481 e. The zero-order chi connectivity index (χ0) is 12.7. The van der Waals surface area contributed by atoms with Crippen LogP contribution in [0, 0.1) is 0 Å². The molecule has 1 aromatic heterocycles. The molecule has 7 heteroatoms.